The number of rotatable bonds is 8. The minimum atomic E-state index is -3.31. The molecule has 1 atom stereocenters. The van der Waals surface area contributed by atoms with E-state index in [1.54, 1.807) is 30.9 Å². The number of sulfone groups is 1. The van der Waals surface area contributed by atoms with Gasteiger partial charge in [-0.2, -0.15) is 0 Å². The van der Waals surface area contributed by atoms with E-state index in [9.17, 15) is 18.0 Å². The zero-order chi connectivity index (χ0) is 17.9. The van der Waals surface area contributed by atoms with Crippen molar-refractivity contribution < 1.29 is 23.1 Å². The number of amides is 1. The molecular weight excluding hydrogens is 330 g/mol. The largest absolute Gasteiger partial charge is 0.481 e. The highest BCUT2D eigenvalue weighted by Gasteiger charge is 2.34. The minimum absolute atomic E-state index is 0.00866. The zero-order valence-electron chi connectivity index (χ0n) is 13.9. The third-order valence-corrected chi connectivity index (χ3v) is 5.93. The lowest BCUT2D eigenvalue weighted by Crippen LogP contribution is -2.39. The highest BCUT2D eigenvalue weighted by atomic mass is 32.2. The maximum atomic E-state index is 12.6. The van der Waals surface area contributed by atoms with Crippen LogP contribution >= 0.6 is 0 Å². The van der Waals surface area contributed by atoms with Gasteiger partial charge in [0.05, 0.1) is 23.0 Å². The summed E-state index contributed by atoms with van der Waals surface area (Å²) < 4.78 is 23.9. The molecule has 0 heterocycles. The molecule has 1 amide bonds. The molecule has 0 radical (unpaired) electrons. The topological polar surface area (TPSA) is 91.8 Å². The van der Waals surface area contributed by atoms with Crippen LogP contribution in [0, 0.1) is 5.92 Å². The van der Waals surface area contributed by atoms with Crippen molar-refractivity contribution in [2.24, 2.45) is 5.92 Å². The second-order valence-corrected chi connectivity index (χ2v) is 8.52. The standard InChI is InChI=1S/C17H23NO5S/c1-3-24(22,23)15-6-4-5-13(9-15)10-16(19)18(14-7-8-14)11-12(2)17(20)21/h4-6,9,12,14H,3,7-8,10-11H2,1-2H3,(H,20,21). The van der Waals surface area contributed by atoms with Gasteiger partial charge in [0.15, 0.2) is 9.84 Å². The molecule has 1 unspecified atom stereocenters. The molecule has 132 valence electrons. The maximum Gasteiger partial charge on any atom is 0.308 e. The van der Waals surface area contributed by atoms with Crippen molar-refractivity contribution >= 4 is 21.7 Å². The van der Waals surface area contributed by atoms with E-state index in [-0.39, 0.29) is 35.6 Å². The van der Waals surface area contributed by atoms with Crippen molar-refractivity contribution in [3.8, 4) is 0 Å². The molecule has 0 saturated heterocycles. The van der Waals surface area contributed by atoms with Crippen LogP contribution in [0.2, 0.25) is 0 Å². The Morgan fingerprint density at radius 1 is 1.33 bits per heavy atom. The number of benzene rings is 1. The summed E-state index contributed by atoms with van der Waals surface area (Å²) in [5.74, 6) is -1.70. The van der Waals surface area contributed by atoms with E-state index in [2.05, 4.69) is 0 Å². The predicted octanol–water partition coefficient (Wildman–Crippen LogP) is 1.73. The van der Waals surface area contributed by atoms with Crippen LogP contribution in [0.4, 0.5) is 0 Å². The van der Waals surface area contributed by atoms with Crippen molar-refractivity contribution in [1.29, 1.82) is 0 Å². The van der Waals surface area contributed by atoms with E-state index in [0.29, 0.717) is 5.56 Å². The number of nitrogens with zero attached hydrogens (tertiary/aromatic N) is 1. The first-order chi connectivity index (χ1) is 11.2. The molecule has 0 aliphatic heterocycles. The Bertz CT molecular complexity index is 724. The Kier molecular flexibility index (Phi) is 5.64. The normalized spacial score (nSPS) is 15.8. The minimum Gasteiger partial charge on any atom is -0.481 e. The van der Waals surface area contributed by atoms with Gasteiger partial charge in [-0.25, -0.2) is 8.42 Å². The number of carbonyl (C=O) groups excluding carboxylic acids is 1. The van der Waals surface area contributed by atoms with Crippen LogP contribution in [0.25, 0.3) is 0 Å². The monoisotopic (exact) mass is 353 g/mol. The highest BCUT2D eigenvalue weighted by molar-refractivity contribution is 7.91. The van der Waals surface area contributed by atoms with Gasteiger partial charge in [-0.05, 0) is 30.5 Å². The fourth-order valence-corrected chi connectivity index (χ4v) is 3.46. The van der Waals surface area contributed by atoms with E-state index >= 15 is 0 Å². The van der Waals surface area contributed by atoms with Gasteiger partial charge in [-0.15, -0.1) is 0 Å². The van der Waals surface area contributed by atoms with Crippen molar-refractivity contribution in [2.75, 3.05) is 12.3 Å². The third-order valence-electron chi connectivity index (χ3n) is 4.19. The summed E-state index contributed by atoms with van der Waals surface area (Å²) in [5.41, 5.74) is 0.628. The van der Waals surface area contributed by atoms with E-state index in [1.165, 1.54) is 12.1 Å². The van der Waals surface area contributed by atoms with E-state index in [1.807, 2.05) is 0 Å². The average molecular weight is 353 g/mol. The Hall–Kier alpha value is -1.89. The van der Waals surface area contributed by atoms with E-state index in [4.69, 9.17) is 5.11 Å². The Balaban J connectivity index is 2.12. The Morgan fingerprint density at radius 3 is 2.54 bits per heavy atom. The van der Waals surface area contributed by atoms with Gasteiger partial charge in [0.2, 0.25) is 5.91 Å². The quantitative estimate of drug-likeness (QED) is 0.768. The van der Waals surface area contributed by atoms with Crippen LogP contribution < -0.4 is 0 Å². The van der Waals surface area contributed by atoms with E-state index in [0.717, 1.165) is 12.8 Å². The number of carboxylic acids is 1. The van der Waals surface area contributed by atoms with Gasteiger partial charge in [0.25, 0.3) is 0 Å². The molecular formula is C17H23NO5S. The van der Waals surface area contributed by atoms with E-state index < -0.39 is 21.7 Å². The molecule has 0 spiro atoms. The maximum absolute atomic E-state index is 12.6. The van der Waals surface area contributed by atoms with Gasteiger partial charge >= 0.3 is 5.97 Å². The van der Waals surface area contributed by atoms with Crippen LogP contribution in [0.1, 0.15) is 32.3 Å². The van der Waals surface area contributed by atoms with Crippen LogP contribution in [0.3, 0.4) is 0 Å². The number of aliphatic carboxylic acids is 1. The second-order valence-electron chi connectivity index (χ2n) is 6.24. The summed E-state index contributed by atoms with van der Waals surface area (Å²) in [6.07, 6.45) is 1.86. The molecule has 24 heavy (non-hydrogen) atoms. The van der Waals surface area contributed by atoms with Gasteiger partial charge in [0, 0.05) is 12.6 Å². The molecule has 0 bridgehead atoms. The summed E-state index contributed by atoms with van der Waals surface area (Å²) >= 11 is 0. The zero-order valence-corrected chi connectivity index (χ0v) is 14.8. The van der Waals surface area contributed by atoms with Crippen LogP contribution in [-0.4, -0.2) is 48.6 Å². The van der Waals surface area contributed by atoms with Gasteiger partial charge < -0.3 is 10.0 Å². The number of carboxylic acid groups (broad SMARTS) is 1. The smallest absolute Gasteiger partial charge is 0.308 e. The fraction of sp³-hybridized carbons (Fsp3) is 0.529. The fourth-order valence-electron chi connectivity index (χ4n) is 2.51. The Labute approximate surface area is 142 Å². The van der Waals surface area contributed by atoms with Crippen LogP contribution in [0.15, 0.2) is 29.2 Å². The van der Waals surface area contributed by atoms with Crippen LogP contribution in [-0.2, 0) is 25.8 Å². The lowest BCUT2D eigenvalue weighted by Gasteiger charge is -2.24. The summed E-state index contributed by atoms with van der Waals surface area (Å²) in [5, 5.41) is 9.05. The van der Waals surface area contributed by atoms with Gasteiger partial charge in [-0.3, -0.25) is 9.59 Å². The molecule has 0 aromatic heterocycles. The van der Waals surface area contributed by atoms with Gasteiger partial charge in [-0.1, -0.05) is 26.0 Å². The summed E-state index contributed by atoms with van der Waals surface area (Å²) in [6.45, 7) is 3.35. The molecule has 1 aromatic rings. The Morgan fingerprint density at radius 2 is 2.00 bits per heavy atom. The molecule has 1 saturated carbocycles. The third kappa shape index (κ3) is 4.56. The summed E-state index contributed by atoms with van der Waals surface area (Å²) in [6, 6.07) is 6.52. The molecule has 1 aromatic carbocycles. The first-order valence-electron chi connectivity index (χ1n) is 8.08. The number of carbonyl (C=O) groups is 2. The predicted molar refractivity (Wildman–Crippen MR) is 89.4 cm³/mol. The molecule has 1 aliphatic carbocycles. The van der Waals surface area contributed by atoms with Crippen LogP contribution in [0.5, 0.6) is 0 Å². The molecule has 2 rings (SSSR count). The average Bonchev–Trinajstić information content (AvgIpc) is 3.37. The highest BCUT2D eigenvalue weighted by Crippen LogP contribution is 2.28. The molecule has 7 heteroatoms. The molecule has 1 N–H and O–H groups in total. The SMILES string of the molecule is CCS(=O)(=O)c1cccc(CC(=O)N(CC(C)C(=O)O)C2CC2)c1. The molecule has 1 aliphatic rings. The van der Waals surface area contributed by atoms with Crippen molar-refractivity contribution in [1.82, 2.24) is 4.90 Å². The van der Waals surface area contributed by atoms with Gasteiger partial charge in [0.1, 0.15) is 0 Å². The summed E-state index contributed by atoms with van der Waals surface area (Å²) in [4.78, 5) is 25.4. The van der Waals surface area contributed by atoms with Crippen molar-refractivity contribution in [3.05, 3.63) is 29.8 Å². The van der Waals surface area contributed by atoms with Crippen molar-refractivity contribution in [2.45, 2.75) is 44.0 Å². The lowest BCUT2D eigenvalue weighted by molar-refractivity contribution is -0.143. The molecule has 6 nitrogen and oxygen atoms in total. The first-order valence-corrected chi connectivity index (χ1v) is 9.73. The second kappa shape index (κ2) is 7.34. The number of hydrogen-bond acceptors (Lipinski definition) is 4. The lowest BCUT2D eigenvalue weighted by atomic mass is 10.1. The number of hydrogen-bond donors (Lipinski definition) is 1. The molecule has 1 fully saturated rings. The first kappa shape index (κ1) is 18.4. The van der Waals surface area contributed by atoms with Crippen molar-refractivity contribution in [3.63, 3.8) is 0 Å². The summed E-state index contributed by atoms with van der Waals surface area (Å²) in [7, 11) is -3.31.